The minimum absolute atomic E-state index is 0.0975. The fraction of sp³-hybridized carbons (Fsp3) is 0.562. The van der Waals surface area contributed by atoms with Crippen molar-refractivity contribution in [3.63, 3.8) is 0 Å². The minimum Gasteiger partial charge on any atom is -0.481 e. The lowest BCUT2D eigenvalue weighted by atomic mass is 10.1. The van der Waals surface area contributed by atoms with Crippen molar-refractivity contribution in [2.75, 3.05) is 13.2 Å². The molecule has 1 aromatic carbocycles. The maximum absolute atomic E-state index is 12.0. The van der Waals surface area contributed by atoms with Crippen molar-refractivity contribution < 1.29 is 14.3 Å². The van der Waals surface area contributed by atoms with Gasteiger partial charge in [-0.15, -0.1) is 0 Å². The smallest absolute Gasteiger partial charge is 0.260 e. The zero-order chi connectivity index (χ0) is 14.5. The third kappa shape index (κ3) is 4.23. The van der Waals surface area contributed by atoms with Crippen LogP contribution in [-0.2, 0) is 9.53 Å². The van der Waals surface area contributed by atoms with Gasteiger partial charge in [0.05, 0.1) is 6.10 Å². The molecule has 1 saturated heterocycles. The molecular formula is C16H23NO3. The van der Waals surface area contributed by atoms with Crippen LogP contribution in [-0.4, -0.2) is 31.3 Å². The van der Waals surface area contributed by atoms with Crippen LogP contribution < -0.4 is 10.1 Å². The Bertz CT molecular complexity index is 447. The Hall–Kier alpha value is -1.55. The summed E-state index contributed by atoms with van der Waals surface area (Å²) in [5.74, 6) is 0.641. The van der Waals surface area contributed by atoms with Crippen LogP contribution in [0.1, 0.15) is 30.9 Å². The van der Waals surface area contributed by atoms with E-state index >= 15 is 0 Å². The summed E-state index contributed by atoms with van der Waals surface area (Å²) in [6.07, 6.45) is 1.76. The van der Waals surface area contributed by atoms with Gasteiger partial charge in [-0.1, -0.05) is 6.07 Å². The van der Waals surface area contributed by atoms with E-state index in [4.69, 9.17) is 9.47 Å². The van der Waals surface area contributed by atoms with E-state index in [0.717, 1.165) is 36.3 Å². The number of hydrogen-bond acceptors (Lipinski definition) is 3. The van der Waals surface area contributed by atoms with Crippen LogP contribution >= 0.6 is 0 Å². The molecule has 0 radical (unpaired) electrons. The molecule has 1 aliphatic rings. The van der Waals surface area contributed by atoms with E-state index in [1.165, 1.54) is 0 Å². The number of hydrogen-bond donors (Lipinski definition) is 1. The molecule has 4 heteroatoms. The molecule has 0 spiro atoms. The van der Waals surface area contributed by atoms with Crippen LogP contribution in [0.5, 0.6) is 5.75 Å². The summed E-state index contributed by atoms with van der Waals surface area (Å²) in [5.41, 5.74) is 2.26. The first-order valence-corrected chi connectivity index (χ1v) is 7.19. The predicted octanol–water partition coefficient (Wildman–Crippen LogP) is 2.37. The van der Waals surface area contributed by atoms with Gasteiger partial charge in [-0.3, -0.25) is 4.79 Å². The van der Waals surface area contributed by atoms with Gasteiger partial charge < -0.3 is 14.8 Å². The molecule has 2 rings (SSSR count). The summed E-state index contributed by atoms with van der Waals surface area (Å²) in [6, 6.07) is 5.96. The second kappa shape index (κ2) is 6.75. The molecule has 1 aliphatic heterocycles. The Morgan fingerprint density at radius 3 is 2.70 bits per heavy atom. The highest BCUT2D eigenvalue weighted by atomic mass is 16.5. The SMILES string of the molecule is Cc1cc(C)cc(O[C@@H](C)C(=O)NC[C@H]2CCCO2)c1. The normalized spacial score (nSPS) is 19.6. The fourth-order valence-electron chi connectivity index (χ4n) is 2.42. The lowest BCUT2D eigenvalue weighted by molar-refractivity contribution is -0.127. The third-order valence-electron chi connectivity index (χ3n) is 3.41. The van der Waals surface area contributed by atoms with E-state index in [1.54, 1.807) is 6.92 Å². The van der Waals surface area contributed by atoms with Crippen LogP contribution in [0.15, 0.2) is 18.2 Å². The average Bonchev–Trinajstić information content (AvgIpc) is 2.87. The van der Waals surface area contributed by atoms with Gasteiger partial charge in [0, 0.05) is 13.2 Å². The van der Waals surface area contributed by atoms with Crippen LogP contribution in [0, 0.1) is 13.8 Å². The zero-order valence-electron chi connectivity index (χ0n) is 12.4. The summed E-state index contributed by atoms with van der Waals surface area (Å²) < 4.78 is 11.2. The Balaban J connectivity index is 1.83. The predicted molar refractivity (Wildman–Crippen MR) is 78.0 cm³/mol. The van der Waals surface area contributed by atoms with Gasteiger partial charge in [-0.2, -0.15) is 0 Å². The van der Waals surface area contributed by atoms with Gasteiger partial charge in [-0.25, -0.2) is 0 Å². The van der Waals surface area contributed by atoms with E-state index in [-0.39, 0.29) is 12.0 Å². The first kappa shape index (κ1) is 14.9. The van der Waals surface area contributed by atoms with Gasteiger partial charge in [0.25, 0.3) is 5.91 Å². The molecule has 0 saturated carbocycles. The number of rotatable bonds is 5. The molecule has 1 amide bonds. The lowest BCUT2D eigenvalue weighted by Crippen LogP contribution is -2.40. The number of amides is 1. The van der Waals surface area contributed by atoms with Gasteiger partial charge in [0.1, 0.15) is 5.75 Å². The van der Waals surface area contributed by atoms with Gasteiger partial charge in [0.15, 0.2) is 6.10 Å². The molecule has 110 valence electrons. The van der Waals surface area contributed by atoms with Crippen molar-refractivity contribution in [2.45, 2.75) is 45.8 Å². The maximum atomic E-state index is 12.0. The number of ether oxygens (including phenoxy) is 2. The highest BCUT2D eigenvalue weighted by molar-refractivity contribution is 5.80. The highest BCUT2D eigenvalue weighted by Gasteiger charge is 2.19. The number of carbonyl (C=O) groups excluding carboxylic acids is 1. The molecule has 1 fully saturated rings. The Kier molecular flexibility index (Phi) is 5.01. The van der Waals surface area contributed by atoms with Gasteiger partial charge in [0.2, 0.25) is 0 Å². The first-order chi connectivity index (χ1) is 9.54. The fourth-order valence-corrected chi connectivity index (χ4v) is 2.42. The second-order valence-electron chi connectivity index (χ2n) is 5.46. The molecule has 1 heterocycles. The topological polar surface area (TPSA) is 47.6 Å². The van der Waals surface area contributed by atoms with Gasteiger partial charge >= 0.3 is 0 Å². The Labute approximate surface area is 120 Å². The number of nitrogens with one attached hydrogen (secondary N) is 1. The van der Waals surface area contributed by atoms with Crippen molar-refractivity contribution in [1.29, 1.82) is 0 Å². The highest BCUT2D eigenvalue weighted by Crippen LogP contribution is 2.17. The molecule has 4 nitrogen and oxygen atoms in total. The monoisotopic (exact) mass is 277 g/mol. The molecule has 1 N–H and O–H groups in total. The summed E-state index contributed by atoms with van der Waals surface area (Å²) in [6.45, 7) is 7.17. The Morgan fingerprint density at radius 2 is 2.10 bits per heavy atom. The van der Waals surface area contributed by atoms with Crippen LogP contribution in [0.2, 0.25) is 0 Å². The van der Waals surface area contributed by atoms with Gasteiger partial charge in [-0.05, 0) is 56.9 Å². The zero-order valence-corrected chi connectivity index (χ0v) is 12.4. The summed E-state index contributed by atoms with van der Waals surface area (Å²) in [4.78, 5) is 12.0. The number of aryl methyl sites for hydroxylation is 2. The lowest BCUT2D eigenvalue weighted by Gasteiger charge is -2.17. The first-order valence-electron chi connectivity index (χ1n) is 7.19. The van der Waals surface area contributed by atoms with Crippen LogP contribution in [0.3, 0.4) is 0 Å². The van der Waals surface area contributed by atoms with Crippen molar-refractivity contribution in [3.8, 4) is 5.75 Å². The molecule has 0 unspecified atom stereocenters. The molecule has 0 aromatic heterocycles. The summed E-state index contributed by atoms with van der Waals surface area (Å²) >= 11 is 0. The van der Waals surface area contributed by atoms with Crippen molar-refractivity contribution >= 4 is 5.91 Å². The van der Waals surface area contributed by atoms with Crippen molar-refractivity contribution in [3.05, 3.63) is 29.3 Å². The quantitative estimate of drug-likeness (QED) is 0.899. The largest absolute Gasteiger partial charge is 0.481 e. The summed E-state index contributed by atoms with van der Waals surface area (Å²) in [7, 11) is 0. The number of carbonyl (C=O) groups is 1. The van der Waals surface area contributed by atoms with E-state index in [1.807, 2.05) is 26.0 Å². The molecule has 0 bridgehead atoms. The van der Waals surface area contributed by atoms with Crippen LogP contribution in [0.25, 0.3) is 0 Å². The standard InChI is InChI=1S/C16H23NO3/c1-11-7-12(2)9-15(8-11)20-13(3)16(18)17-10-14-5-4-6-19-14/h7-9,13-14H,4-6,10H2,1-3H3,(H,17,18)/t13-,14+/m0/s1. The van der Waals surface area contributed by atoms with Crippen molar-refractivity contribution in [1.82, 2.24) is 5.32 Å². The molecular weight excluding hydrogens is 254 g/mol. The van der Waals surface area contributed by atoms with Crippen molar-refractivity contribution in [2.24, 2.45) is 0 Å². The molecule has 2 atom stereocenters. The second-order valence-corrected chi connectivity index (χ2v) is 5.46. The van der Waals surface area contributed by atoms with E-state index < -0.39 is 6.10 Å². The summed E-state index contributed by atoms with van der Waals surface area (Å²) in [5, 5.41) is 2.88. The number of benzene rings is 1. The van der Waals surface area contributed by atoms with Crippen LogP contribution in [0.4, 0.5) is 0 Å². The average molecular weight is 277 g/mol. The minimum atomic E-state index is -0.502. The van der Waals surface area contributed by atoms with E-state index in [0.29, 0.717) is 6.54 Å². The molecule has 0 aliphatic carbocycles. The maximum Gasteiger partial charge on any atom is 0.260 e. The van der Waals surface area contributed by atoms with E-state index in [9.17, 15) is 4.79 Å². The molecule has 1 aromatic rings. The third-order valence-corrected chi connectivity index (χ3v) is 3.41. The van der Waals surface area contributed by atoms with E-state index in [2.05, 4.69) is 11.4 Å². The Morgan fingerprint density at radius 1 is 1.40 bits per heavy atom. The molecule has 20 heavy (non-hydrogen) atoms.